The first kappa shape index (κ1) is 14.0. The number of hydrogen-bond acceptors (Lipinski definition) is 5. The summed E-state index contributed by atoms with van der Waals surface area (Å²) in [5.41, 5.74) is 1.32. The second-order valence-electron chi connectivity index (χ2n) is 4.99. The van der Waals surface area contributed by atoms with Crippen molar-refractivity contribution in [3.8, 4) is 6.07 Å². The van der Waals surface area contributed by atoms with Crippen molar-refractivity contribution in [2.24, 2.45) is 0 Å². The van der Waals surface area contributed by atoms with E-state index in [1.807, 2.05) is 11.6 Å². The van der Waals surface area contributed by atoms with Gasteiger partial charge in [0.15, 0.2) is 5.13 Å². The highest BCUT2D eigenvalue weighted by Crippen LogP contribution is 2.20. The second kappa shape index (κ2) is 6.20. The molecular weight excluding hydrogens is 287 g/mol. The summed E-state index contributed by atoms with van der Waals surface area (Å²) in [5, 5.41) is 12.1. The van der Waals surface area contributed by atoms with Crippen LogP contribution >= 0.6 is 11.3 Å². The quantitative estimate of drug-likeness (QED) is 0.873. The molecule has 108 valence electrons. The molecule has 1 aliphatic heterocycles. The minimum atomic E-state index is -0.358. The fraction of sp³-hybridized carbons (Fsp3) is 0.333. The number of anilines is 1. The highest BCUT2D eigenvalue weighted by Gasteiger charge is 2.19. The molecule has 3 rings (SSSR count). The first-order valence-electron chi connectivity index (χ1n) is 6.81. The molecule has 0 atom stereocenters. The Labute approximate surface area is 127 Å². The summed E-state index contributed by atoms with van der Waals surface area (Å²) in [6.45, 7) is 4.38. The largest absolute Gasteiger partial charge is 0.346 e. The number of hydrogen-bond donors (Lipinski definition) is 0. The van der Waals surface area contributed by atoms with Crippen molar-refractivity contribution in [2.45, 2.75) is 6.54 Å². The van der Waals surface area contributed by atoms with Gasteiger partial charge in [-0.15, -0.1) is 11.3 Å². The molecule has 0 aliphatic carbocycles. The van der Waals surface area contributed by atoms with E-state index in [0.717, 1.165) is 36.9 Å². The zero-order valence-corrected chi connectivity index (χ0v) is 12.3. The van der Waals surface area contributed by atoms with Crippen LogP contribution in [0.2, 0.25) is 0 Å². The van der Waals surface area contributed by atoms with E-state index in [4.69, 9.17) is 5.26 Å². The van der Waals surface area contributed by atoms with Crippen LogP contribution in [0.3, 0.4) is 0 Å². The molecule has 1 aromatic heterocycles. The fourth-order valence-corrected chi connectivity index (χ4v) is 3.20. The summed E-state index contributed by atoms with van der Waals surface area (Å²) < 4.78 is 13.1. The summed E-state index contributed by atoms with van der Waals surface area (Å²) in [6.07, 6.45) is 1.82. The molecule has 2 aromatic rings. The average Bonchev–Trinajstić information content (AvgIpc) is 3.04. The van der Waals surface area contributed by atoms with Gasteiger partial charge in [0.05, 0.1) is 11.6 Å². The lowest BCUT2D eigenvalue weighted by atomic mass is 10.1. The molecule has 0 spiro atoms. The lowest BCUT2D eigenvalue weighted by molar-refractivity contribution is 0.249. The predicted octanol–water partition coefficient (Wildman–Crippen LogP) is 2.48. The summed E-state index contributed by atoms with van der Waals surface area (Å²) in [6, 6.07) is 6.51. The normalized spacial score (nSPS) is 15.9. The number of halogens is 1. The van der Waals surface area contributed by atoms with Crippen LogP contribution in [-0.2, 0) is 6.54 Å². The van der Waals surface area contributed by atoms with Crippen LogP contribution in [0.5, 0.6) is 0 Å². The summed E-state index contributed by atoms with van der Waals surface area (Å²) in [4.78, 5) is 8.89. The van der Waals surface area contributed by atoms with Gasteiger partial charge in [0.2, 0.25) is 0 Å². The Morgan fingerprint density at radius 2 is 2.10 bits per heavy atom. The maximum atomic E-state index is 13.1. The number of aromatic nitrogens is 1. The molecule has 0 radical (unpaired) electrons. The van der Waals surface area contributed by atoms with Crippen LogP contribution in [0, 0.1) is 17.1 Å². The van der Waals surface area contributed by atoms with Crippen molar-refractivity contribution < 1.29 is 4.39 Å². The van der Waals surface area contributed by atoms with Crippen LogP contribution in [-0.4, -0.2) is 36.1 Å². The molecule has 1 fully saturated rings. The molecule has 0 N–H and O–H groups in total. The minimum Gasteiger partial charge on any atom is -0.346 e. The molecular formula is C15H15FN4S. The number of nitriles is 1. The van der Waals surface area contributed by atoms with Gasteiger partial charge in [-0.3, -0.25) is 4.90 Å². The Hall–Kier alpha value is -1.97. The third kappa shape index (κ3) is 3.20. The van der Waals surface area contributed by atoms with E-state index in [1.54, 1.807) is 17.4 Å². The molecule has 21 heavy (non-hydrogen) atoms. The Morgan fingerprint density at radius 3 is 2.76 bits per heavy atom. The second-order valence-corrected chi connectivity index (χ2v) is 5.86. The molecule has 0 amide bonds. The van der Waals surface area contributed by atoms with Crippen LogP contribution < -0.4 is 4.90 Å². The molecule has 1 aliphatic rings. The monoisotopic (exact) mass is 302 g/mol. The highest BCUT2D eigenvalue weighted by molar-refractivity contribution is 7.13. The molecule has 6 heteroatoms. The van der Waals surface area contributed by atoms with Crippen molar-refractivity contribution in [3.05, 3.63) is 46.7 Å². The predicted molar refractivity (Wildman–Crippen MR) is 80.7 cm³/mol. The fourth-order valence-electron chi connectivity index (χ4n) is 2.50. The molecule has 0 bridgehead atoms. The van der Waals surface area contributed by atoms with E-state index in [0.29, 0.717) is 12.1 Å². The Balaban J connectivity index is 1.62. The van der Waals surface area contributed by atoms with Crippen LogP contribution in [0.15, 0.2) is 29.8 Å². The summed E-state index contributed by atoms with van der Waals surface area (Å²) >= 11 is 1.65. The Kier molecular flexibility index (Phi) is 4.13. The van der Waals surface area contributed by atoms with E-state index in [-0.39, 0.29) is 5.82 Å². The first-order chi connectivity index (χ1) is 10.3. The number of piperazine rings is 1. The zero-order chi connectivity index (χ0) is 14.7. The number of rotatable bonds is 3. The smallest absolute Gasteiger partial charge is 0.185 e. The van der Waals surface area contributed by atoms with Gasteiger partial charge in [-0.05, 0) is 17.7 Å². The van der Waals surface area contributed by atoms with Crippen LogP contribution in [0.4, 0.5) is 9.52 Å². The third-order valence-electron chi connectivity index (χ3n) is 3.65. The van der Waals surface area contributed by atoms with Gasteiger partial charge in [0.1, 0.15) is 5.82 Å². The van der Waals surface area contributed by atoms with Crippen molar-refractivity contribution in [3.63, 3.8) is 0 Å². The maximum Gasteiger partial charge on any atom is 0.185 e. The maximum absolute atomic E-state index is 13.1. The van der Waals surface area contributed by atoms with Gasteiger partial charge >= 0.3 is 0 Å². The van der Waals surface area contributed by atoms with E-state index in [1.165, 1.54) is 12.1 Å². The lowest BCUT2D eigenvalue weighted by Crippen LogP contribution is -2.46. The van der Waals surface area contributed by atoms with Crippen LogP contribution in [0.25, 0.3) is 0 Å². The van der Waals surface area contributed by atoms with Crippen molar-refractivity contribution >= 4 is 16.5 Å². The Morgan fingerprint density at radius 1 is 1.29 bits per heavy atom. The average molecular weight is 302 g/mol. The van der Waals surface area contributed by atoms with Gasteiger partial charge in [-0.25, -0.2) is 9.37 Å². The van der Waals surface area contributed by atoms with Crippen molar-refractivity contribution in [1.82, 2.24) is 9.88 Å². The van der Waals surface area contributed by atoms with E-state index in [9.17, 15) is 4.39 Å². The van der Waals surface area contributed by atoms with E-state index in [2.05, 4.69) is 20.9 Å². The molecule has 0 saturated carbocycles. The molecule has 1 saturated heterocycles. The van der Waals surface area contributed by atoms with Gasteiger partial charge in [0, 0.05) is 44.3 Å². The zero-order valence-electron chi connectivity index (χ0n) is 11.5. The standard InChI is InChI=1S/C15H15FN4S/c16-14-2-1-12(13(9-14)10-17)11-19-4-6-20(7-5-19)15-18-3-8-21-15/h1-3,8-9H,4-7,11H2. The van der Waals surface area contributed by atoms with Crippen molar-refractivity contribution in [2.75, 3.05) is 31.1 Å². The number of nitrogens with zero attached hydrogens (tertiary/aromatic N) is 4. The topological polar surface area (TPSA) is 43.2 Å². The summed E-state index contributed by atoms with van der Waals surface area (Å²) in [5.74, 6) is -0.358. The SMILES string of the molecule is N#Cc1cc(F)ccc1CN1CCN(c2nccs2)CC1. The van der Waals surface area contributed by atoms with Gasteiger partial charge in [0.25, 0.3) is 0 Å². The van der Waals surface area contributed by atoms with E-state index >= 15 is 0 Å². The third-order valence-corrected chi connectivity index (χ3v) is 4.48. The van der Waals surface area contributed by atoms with Gasteiger partial charge in [-0.2, -0.15) is 5.26 Å². The van der Waals surface area contributed by atoms with Gasteiger partial charge in [-0.1, -0.05) is 6.07 Å². The molecule has 2 heterocycles. The van der Waals surface area contributed by atoms with Gasteiger partial charge < -0.3 is 4.90 Å². The molecule has 0 unspecified atom stereocenters. The summed E-state index contributed by atoms with van der Waals surface area (Å²) in [7, 11) is 0. The minimum absolute atomic E-state index is 0.358. The highest BCUT2D eigenvalue weighted by atomic mass is 32.1. The Bertz CT molecular complexity index is 642. The number of benzene rings is 1. The first-order valence-corrected chi connectivity index (χ1v) is 7.69. The van der Waals surface area contributed by atoms with E-state index < -0.39 is 0 Å². The van der Waals surface area contributed by atoms with Crippen molar-refractivity contribution in [1.29, 1.82) is 5.26 Å². The lowest BCUT2D eigenvalue weighted by Gasteiger charge is -2.34. The molecule has 1 aromatic carbocycles. The number of thiazole rings is 1. The van der Waals surface area contributed by atoms with Crippen LogP contribution in [0.1, 0.15) is 11.1 Å². The molecule has 4 nitrogen and oxygen atoms in total.